The number of nitrogens with one attached hydrogen (secondary N) is 1. The summed E-state index contributed by atoms with van der Waals surface area (Å²) in [6.45, 7) is -0.682. The molecule has 1 aromatic heterocycles. The molecule has 3 aromatic rings. The lowest BCUT2D eigenvalue weighted by molar-refractivity contribution is -0.136. The molecule has 3 rings (SSSR count). The van der Waals surface area contributed by atoms with Gasteiger partial charge in [0.05, 0.1) is 19.2 Å². The predicted octanol–water partition coefficient (Wildman–Crippen LogP) is 2.50. The van der Waals surface area contributed by atoms with Gasteiger partial charge in [0.15, 0.2) is 6.61 Å². The van der Waals surface area contributed by atoms with Crippen LogP contribution in [0.25, 0.3) is 10.9 Å². The Balaban J connectivity index is 1.50. The van der Waals surface area contributed by atoms with Crippen LogP contribution in [-0.4, -0.2) is 55.0 Å². The van der Waals surface area contributed by atoms with E-state index in [0.717, 1.165) is 5.39 Å². The Hall–Kier alpha value is -3.94. The van der Waals surface area contributed by atoms with Crippen LogP contribution < -0.4 is 10.1 Å². The summed E-state index contributed by atoms with van der Waals surface area (Å²) in [5.74, 6) is -0.999. The highest BCUT2D eigenvalue weighted by Crippen LogP contribution is 2.16. The van der Waals surface area contributed by atoms with Crippen LogP contribution in [0.5, 0.6) is 5.75 Å². The molecule has 0 saturated carbocycles. The summed E-state index contributed by atoms with van der Waals surface area (Å²) in [6.07, 6.45) is 0. The first-order valence-electron chi connectivity index (χ1n) is 9.17. The normalized spacial score (nSPS) is 10.3. The highest BCUT2D eigenvalue weighted by Gasteiger charge is 2.17. The number of esters is 1. The second kappa shape index (κ2) is 9.51. The van der Waals surface area contributed by atoms with Gasteiger partial charge in [-0.15, -0.1) is 0 Å². The number of fused-ring (bicyclic) bond motifs is 1. The molecule has 1 heterocycles. The van der Waals surface area contributed by atoms with Crippen LogP contribution in [-0.2, 0) is 14.3 Å². The first kappa shape index (κ1) is 20.8. The van der Waals surface area contributed by atoms with Gasteiger partial charge in [-0.3, -0.25) is 9.59 Å². The minimum absolute atomic E-state index is 0.111. The summed E-state index contributed by atoms with van der Waals surface area (Å²) in [6, 6.07) is 17.5. The molecule has 2 amide bonds. The van der Waals surface area contributed by atoms with Gasteiger partial charge in [0.25, 0.3) is 5.91 Å². The van der Waals surface area contributed by atoms with Crippen LogP contribution in [0.2, 0.25) is 0 Å². The monoisotopic (exact) mass is 407 g/mol. The average molecular weight is 407 g/mol. The zero-order valence-electron chi connectivity index (χ0n) is 16.6. The van der Waals surface area contributed by atoms with E-state index in [4.69, 9.17) is 9.47 Å². The molecule has 1 N–H and O–H groups in total. The van der Waals surface area contributed by atoms with Crippen molar-refractivity contribution < 1.29 is 23.9 Å². The third kappa shape index (κ3) is 5.32. The molecule has 0 aliphatic carbocycles. The van der Waals surface area contributed by atoms with Crippen molar-refractivity contribution in [1.29, 1.82) is 0 Å². The summed E-state index contributed by atoms with van der Waals surface area (Å²) in [5.41, 5.74) is 1.32. The third-order valence-corrected chi connectivity index (χ3v) is 4.29. The van der Waals surface area contributed by atoms with Crippen molar-refractivity contribution in [2.24, 2.45) is 0 Å². The van der Waals surface area contributed by atoms with Gasteiger partial charge in [0, 0.05) is 24.2 Å². The second-order valence-corrected chi connectivity index (χ2v) is 6.50. The highest BCUT2D eigenvalue weighted by atomic mass is 16.5. The van der Waals surface area contributed by atoms with E-state index in [1.54, 1.807) is 42.5 Å². The first-order valence-corrected chi connectivity index (χ1v) is 9.17. The number of hydrogen-bond acceptors (Lipinski definition) is 6. The van der Waals surface area contributed by atoms with Gasteiger partial charge < -0.3 is 19.7 Å². The van der Waals surface area contributed by atoms with E-state index in [9.17, 15) is 14.4 Å². The highest BCUT2D eigenvalue weighted by molar-refractivity contribution is 5.95. The van der Waals surface area contributed by atoms with Gasteiger partial charge in [0.1, 0.15) is 11.4 Å². The Morgan fingerprint density at radius 2 is 1.83 bits per heavy atom. The van der Waals surface area contributed by atoms with Crippen molar-refractivity contribution in [3.63, 3.8) is 0 Å². The fourth-order valence-corrected chi connectivity index (χ4v) is 2.70. The number of pyridine rings is 1. The number of likely N-dealkylation sites (N-methyl/N-ethyl adjacent to an activating group) is 1. The number of aromatic nitrogens is 1. The molecular formula is C22H21N3O5. The van der Waals surface area contributed by atoms with E-state index >= 15 is 0 Å². The van der Waals surface area contributed by atoms with E-state index in [0.29, 0.717) is 17.0 Å². The van der Waals surface area contributed by atoms with Crippen LogP contribution in [0.1, 0.15) is 10.5 Å². The SMILES string of the molecule is COc1cccc(NC(=O)CN(C)C(=O)COC(=O)c2ccc3ccccc3n2)c1. The molecule has 8 heteroatoms. The van der Waals surface area contributed by atoms with E-state index in [2.05, 4.69) is 10.3 Å². The maximum Gasteiger partial charge on any atom is 0.357 e. The molecule has 0 unspecified atom stereocenters. The molecule has 0 spiro atoms. The number of ether oxygens (including phenoxy) is 2. The average Bonchev–Trinajstić information content (AvgIpc) is 2.76. The van der Waals surface area contributed by atoms with Gasteiger partial charge in [-0.05, 0) is 24.3 Å². The quantitative estimate of drug-likeness (QED) is 0.605. The number of hydrogen-bond donors (Lipinski definition) is 1. The Bertz CT molecular complexity index is 1080. The molecule has 0 radical (unpaired) electrons. The summed E-state index contributed by atoms with van der Waals surface area (Å²) < 4.78 is 10.1. The second-order valence-electron chi connectivity index (χ2n) is 6.50. The van der Waals surface area contributed by atoms with Crippen molar-refractivity contribution in [2.75, 3.05) is 32.6 Å². The first-order chi connectivity index (χ1) is 14.5. The molecule has 154 valence electrons. The Morgan fingerprint density at radius 1 is 1.03 bits per heavy atom. The topological polar surface area (TPSA) is 97.8 Å². The molecule has 2 aromatic carbocycles. The Morgan fingerprint density at radius 3 is 2.63 bits per heavy atom. The van der Waals surface area contributed by atoms with Crippen LogP contribution in [0.15, 0.2) is 60.7 Å². The molecule has 0 aliphatic heterocycles. The van der Waals surface area contributed by atoms with E-state index in [1.807, 2.05) is 18.2 Å². The van der Waals surface area contributed by atoms with Crippen molar-refractivity contribution >= 4 is 34.4 Å². The van der Waals surface area contributed by atoms with Crippen LogP contribution in [0, 0.1) is 0 Å². The number of para-hydroxylation sites is 1. The standard InChI is InChI=1S/C22H21N3O5/c1-25(13-20(26)23-16-7-5-8-17(12-16)29-2)21(27)14-30-22(28)19-11-10-15-6-3-4-9-18(15)24-19/h3-12H,13-14H2,1-2H3,(H,23,26). The third-order valence-electron chi connectivity index (χ3n) is 4.29. The molecule has 0 aliphatic rings. The summed E-state index contributed by atoms with van der Waals surface area (Å²) in [4.78, 5) is 42.0. The minimum Gasteiger partial charge on any atom is -0.497 e. The van der Waals surface area contributed by atoms with Gasteiger partial charge in [-0.25, -0.2) is 9.78 Å². The maximum atomic E-state index is 12.2. The lowest BCUT2D eigenvalue weighted by Crippen LogP contribution is -2.37. The summed E-state index contributed by atoms with van der Waals surface area (Å²) in [7, 11) is 2.98. The zero-order valence-corrected chi connectivity index (χ0v) is 16.6. The van der Waals surface area contributed by atoms with Crippen molar-refractivity contribution in [3.05, 3.63) is 66.4 Å². The largest absolute Gasteiger partial charge is 0.497 e. The fourth-order valence-electron chi connectivity index (χ4n) is 2.70. The zero-order chi connectivity index (χ0) is 21.5. The lowest BCUT2D eigenvalue weighted by Gasteiger charge is -2.17. The molecule has 8 nitrogen and oxygen atoms in total. The molecule has 0 fully saturated rings. The summed E-state index contributed by atoms with van der Waals surface area (Å²) in [5, 5.41) is 3.57. The number of nitrogens with zero attached hydrogens (tertiary/aromatic N) is 2. The predicted molar refractivity (Wildman–Crippen MR) is 111 cm³/mol. The van der Waals surface area contributed by atoms with Gasteiger partial charge >= 0.3 is 5.97 Å². The molecule has 0 bridgehead atoms. The summed E-state index contributed by atoms with van der Waals surface area (Å²) >= 11 is 0. The van der Waals surface area contributed by atoms with Crippen molar-refractivity contribution in [1.82, 2.24) is 9.88 Å². The van der Waals surface area contributed by atoms with Gasteiger partial charge in [0.2, 0.25) is 5.91 Å². The number of anilines is 1. The molecule has 0 atom stereocenters. The number of methoxy groups -OCH3 is 1. The Labute approximate surface area is 173 Å². The van der Waals surface area contributed by atoms with Crippen molar-refractivity contribution in [2.45, 2.75) is 0 Å². The number of rotatable bonds is 7. The lowest BCUT2D eigenvalue weighted by atomic mass is 10.2. The number of amides is 2. The maximum absolute atomic E-state index is 12.2. The van der Waals surface area contributed by atoms with Crippen LogP contribution in [0.4, 0.5) is 5.69 Å². The van der Waals surface area contributed by atoms with Crippen LogP contribution >= 0.6 is 0 Å². The number of carbonyl (C=O) groups excluding carboxylic acids is 3. The van der Waals surface area contributed by atoms with E-state index < -0.39 is 18.5 Å². The van der Waals surface area contributed by atoms with Crippen molar-refractivity contribution in [3.8, 4) is 5.75 Å². The fraction of sp³-hybridized carbons (Fsp3) is 0.182. The minimum atomic E-state index is -0.705. The van der Waals surface area contributed by atoms with E-state index in [1.165, 1.54) is 19.1 Å². The van der Waals surface area contributed by atoms with Crippen LogP contribution in [0.3, 0.4) is 0 Å². The number of benzene rings is 2. The van der Waals surface area contributed by atoms with Gasteiger partial charge in [-0.2, -0.15) is 0 Å². The molecule has 30 heavy (non-hydrogen) atoms. The van der Waals surface area contributed by atoms with E-state index in [-0.39, 0.29) is 18.1 Å². The smallest absolute Gasteiger partial charge is 0.357 e. The number of carbonyl (C=O) groups is 3. The molecule has 0 saturated heterocycles. The molecular weight excluding hydrogens is 386 g/mol. The van der Waals surface area contributed by atoms with Gasteiger partial charge in [-0.1, -0.05) is 30.3 Å². The Kier molecular flexibility index (Phi) is 6.59.